The van der Waals surface area contributed by atoms with Gasteiger partial charge in [0, 0.05) is 17.8 Å². The third-order valence-corrected chi connectivity index (χ3v) is 5.41. The molecule has 0 saturated carbocycles. The van der Waals surface area contributed by atoms with E-state index < -0.39 is 29.4 Å². The van der Waals surface area contributed by atoms with Crippen LogP contribution in [0.25, 0.3) is 0 Å². The zero-order valence-corrected chi connectivity index (χ0v) is 19.6. The van der Waals surface area contributed by atoms with Crippen LogP contribution in [0.1, 0.15) is 33.1 Å². The lowest BCUT2D eigenvalue weighted by Crippen LogP contribution is -2.37. The van der Waals surface area contributed by atoms with Gasteiger partial charge in [-0.2, -0.15) is 13.2 Å². The topological polar surface area (TPSA) is 73.5 Å². The van der Waals surface area contributed by atoms with Crippen molar-refractivity contribution in [2.45, 2.75) is 19.1 Å². The molecule has 3 aromatic carbocycles. The van der Waals surface area contributed by atoms with Gasteiger partial charge in [0.25, 0.3) is 5.91 Å². The lowest BCUT2D eigenvalue weighted by Gasteiger charge is -2.25. The smallest absolute Gasteiger partial charge is 0.336 e. The molecule has 0 spiro atoms. The molecule has 0 aliphatic heterocycles. The predicted octanol–water partition coefficient (Wildman–Crippen LogP) is 5.69. The number of aryl methyl sites for hydroxylation is 1. The molecule has 1 atom stereocenters. The predicted molar refractivity (Wildman–Crippen MR) is 130 cm³/mol. The Morgan fingerprint density at radius 1 is 0.914 bits per heavy atom. The second-order valence-electron chi connectivity index (χ2n) is 8.30. The van der Waals surface area contributed by atoms with Gasteiger partial charge in [-0.05, 0) is 56.9 Å². The molecule has 3 rings (SSSR count). The Hall–Kier alpha value is -3.85. The van der Waals surface area contributed by atoms with E-state index in [0.29, 0.717) is 5.56 Å². The van der Waals surface area contributed by atoms with E-state index in [0.717, 1.165) is 23.3 Å². The second kappa shape index (κ2) is 11.1. The fourth-order valence-corrected chi connectivity index (χ4v) is 3.50. The Kier molecular flexibility index (Phi) is 8.14. The number of nitrogens with zero attached hydrogens (tertiary/aromatic N) is 1. The van der Waals surface area contributed by atoms with Crippen LogP contribution in [0.3, 0.4) is 0 Å². The van der Waals surface area contributed by atoms with Crippen molar-refractivity contribution < 1.29 is 22.8 Å². The van der Waals surface area contributed by atoms with Crippen LogP contribution < -0.4 is 16.0 Å². The van der Waals surface area contributed by atoms with Gasteiger partial charge in [-0.15, -0.1) is 0 Å². The highest BCUT2D eigenvalue weighted by atomic mass is 19.4. The van der Waals surface area contributed by atoms with Crippen molar-refractivity contribution in [3.63, 3.8) is 0 Å². The zero-order chi connectivity index (χ0) is 25.6. The van der Waals surface area contributed by atoms with Crippen molar-refractivity contribution in [1.82, 2.24) is 10.2 Å². The number of rotatable bonds is 7. The number of carbonyl (C=O) groups excluding carboxylic acids is 2. The summed E-state index contributed by atoms with van der Waals surface area (Å²) in [5, 5.41) is 7.38. The van der Waals surface area contributed by atoms with Gasteiger partial charge in [0.05, 0.1) is 17.3 Å². The standard InChI is InChI=1S/C26H27F3N4O2/c1-17-9-11-18(12-10-17)23(33(2)3)16-30-25(35)32-22-14-13-20(15-21(22)26(27,28)29)31-24(34)19-7-5-4-6-8-19/h4-15,23H,16H2,1-3H3,(H,31,34)(H2,30,32,35). The van der Waals surface area contributed by atoms with E-state index in [4.69, 9.17) is 0 Å². The molecule has 0 aliphatic rings. The summed E-state index contributed by atoms with van der Waals surface area (Å²) in [7, 11) is 3.71. The van der Waals surface area contributed by atoms with E-state index in [9.17, 15) is 22.8 Å². The fourth-order valence-electron chi connectivity index (χ4n) is 3.50. The molecular formula is C26H27F3N4O2. The summed E-state index contributed by atoms with van der Waals surface area (Å²) in [5.41, 5.74) is 0.858. The third kappa shape index (κ3) is 7.07. The second-order valence-corrected chi connectivity index (χ2v) is 8.30. The SMILES string of the molecule is Cc1ccc(C(CNC(=O)Nc2ccc(NC(=O)c3ccccc3)cc2C(F)(F)F)N(C)C)cc1. The van der Waals surface area contributed by atoms with Crippen LogP contribution in [0.15, 0.2) is 72.8 Å². The van der Waals surface area contributed by atoms with E-state index in [-0.39, 0.29) is 18.3 Å². The van der Waals surface area contributed by atoms with Crippen LogP contribution in [0, 0.1) is 6.92 Å². The summed E-state index contributed by atoms with van der Waals surface area (Å²) in [6, 6.07) is 18.2. The van der Waals surface area contributed by atoms with Crippen molar-refractivity contribution in [3.8, 4) is 0 Å². The molecule has 3 amide bonds. The molecule has 0 bridgehead atoms. The summed E-state index contributed by atoms with van der Waals surface area (Å²) in [6.07, 6.45) is -4.75. The van der Waals surface area contributed by atoms with Gasteiger partial charge in [0.15, 0.2) is 0 Å². The normalized spacial score (nSPS) is 12.2. The number of likely N-dealkylation sites (N-methyl/N-ethyl adjacent to an activating group) is 1. The Labute approximate surface area is 202 Å². The molecule has 0 saturated heterocycles. The molecule has 0 aromatic heterocycles. The monoisotopic (exact) mass is 484 g/mol. The van der Waals surface area contributed by atoms with Gasteiger partial charge in [-0.3, -0.25) is 4.79 Å². The molecule has 3 N–H and O–H groups in total. The molecule has 9 heteroatoms. The minimum atomic E-state index is -4.75. The first-order valence-electron chi connectivity index (χ1n) is 10.9. The first kappa shape index (κ1) is 25.8. The van der Waals surface area contributed by atoms with E-state index in [2.05, 4.69) is 16.0 Å². The van der Waals surface area contributed by atoms with E-state index in [1.54, 1.807) is 30.3 Å². The Morgan fingerprint density at radius 2 is 1.57 bits per heavy atom. The Bertz CT molecular complexity index is 1160. The number of carbonyl (C=O) groups is 2. The average Bonchev–Trinajstić information content (AvgIpc) is 2.81. The van der Waals surface area contributed by atoms with Gasteiger partial charge in [0.2, 0.25) is 0 Å². The number of halogens is 3. The Balaban J connectivity index is 1.71. The van der Waals surface area contributed by atoms with Gasteiger partial charge in [-0.1, -0.05) is 48.0 Å². The maximum Gasteiger partial charge on any atom is 0.418 e. The molecule has 3 aromatic rings. The van der Waals surface area contributed by atoms with Crippen LogP contribution in [-0.4, -0.2) is 37.5 Å². The number of anilines is 2. The maximum absolute atomic E-state index is 13.7. The minimum Gasteiger partial charge on any atom is -0.336 e. The van der Waals surface area contributed by atoms with Gasteiger partial charge < -0.3 is 20.9 Å². The number of amides is 3. The highest BCUT2D eigenvalue weighted by Gasteiger charge is 2.34. The number of benzene rings is 3. The number of nitrogens with one attached hydrogen (secondary N) is 3. The average molecular weight is 485 g/mol. The minimum absolute atomic E-state index is 0.0378. The highest BCUT2D eigenvalue weighted by molar-refractivity contribution is 6.04. The first-order chi connectivity index (χ1) is 16.5. The summed E-state index contributed by atoms with van der Waals surface area (Å²) >= 11 is 0. The Morgan fingerprint density at radius 3 is 2.17 bits per heavy atom. The van der Waals surface area contributed by atoms with Crippen molar-refractivity contribution in [2.75, 3.05) is 31.3 Å². The summed E-state index contributed by atoms with van der Waals surface area (Å²) in [5.74, 6) is -0.539. The van der Waals surface area contributed by atoms with Crippen molar-refractivity contribution in [3.05, 3.63) is 95.1 Å². The molecule has 0 fully saturated rings. The molecule has 35 heavy (non-hydrogen) atoms. The number of urea groups is 1. The summed E-state index contributed by atoms with van der Waals surface area (Å²) in [6.45, 7) is 2.16. The maximum atomic E-state index is 13.7. The molecule has 0 heterocycles. The van der Waals surface area contributed by atoms with Crippen molar-refractivity contribution >= 4 is 23.3 Å². The largest absolute Gasteiger partial charge is 0.418 e. The molecule has 6 nitrogen and oxygen atoms in total. The molecule has 0 radical (unpaired) electrons. The van der Waals surface area contributed by atoms with Crippen LogP contribution >= 0.6 is 0 Å². The van der Waals surface area contributed by atoms with Crippen LogP contribution in [0.4, 0.5) is 29.3 Å². The summed E-state index contributed by atoms with van der Waals surface area (Å²) < 4.78 is 41.2. The molecule has 184 valence electrons. The zero-order valence-electron chi connectivity index (χ0n) is 19.6. The first-order valence-corrected chi connectivity index (χ1v) is 10.9. The molecular weight excluding hydrogens is 457 g/mol. The quantitative estimate of drug-likeness (QED) is 0.403. The number of hydrogen-bond donors (Lipinski definition) is 3. The number of hydrogen-bond acceptors (Lipinski definition) is 3. The van der Waals surface area contributed by atoms with Crippen molar-refractivity contribution in [1.29, 1.82) is 0 Å². The summed E-state index contributed by atoms with van der Waals surface area (Å²) in [4.78, 5) is 26.7. The lowest BCUT2D eigenvalue weighted by atomic mass is 10.0. The van der Waals surface area contributed by atoms with E-state index >= 15 is 0 Å². The van der Waals surface area contributed by atoms with Crippen LogP contribution in [-0.2, 0) is 6.18 Å². The van der Waals surface area contributed by atoms with E-state index in [1.807, 2.05) is 50.2 Å². The highest BCUT2D eigenvalue weighted by Crippen LogP contribution is 2.36. The third-order valence-electron chi connectivity index (χ3n) is 5.41. The van der Waals surface area contributed by atoms with Gasteiger partial charge >= 0.3 is 12.2 Å². The fraction of sp³-hybridized carbons (Fsp3) is 0.231. The van der Waals surface area contributed by atoms with Crippen LogP contribution in [0.5, 0.6) is 0 Å². The molecule has 0 aliphatic carbocycles. The molecule has 1 unspecified atom stereocenters. The van der Waals surface area contributed by atoms with Crippen molar-refractivity contribution in [2.24, 2.45) is 0 Å². The van der Waals surface area contributed by atoms with Gasteiger partial charge in [-0.25, -0.2) is 4.79 Å². The van der Waals surface area contributed by atoms with E-state index in [1.165, 1.54) is 6.07 Å². The lowest BCUT2D eigenvalue weighted by molar-refractivity contribution is -0.136. The van der Waals surface area contributed by atoms with Gasteiger partial charge in [0.1, 0.15) is 0 Å². The number of alkyl halides is 3. The van der Waals surface area contributed by atoms with Crippen LogP contribution in [0.2, 0.25) is 0 Å².